The predicted molar refractivity (Wildman–Crippen MR) is 55.6 cm³/mol. The number of quaternary nitrogens is 1. The lowest BCUT2D eigenvalue weighted by atomic mass is 10.2. The molecule has 0 fully saturated rings. The third kappa shape index (κ3) is 1.81. The van der Waals surface area contributed by atoms with Crippen molar-refractivity contribution in [3.63, 3.8) is 0 Å². The lowest BCUT2D eigenvalue weighted by Gasteiger charge is -2.11. The average Bonchev–Trinajstić information content (AvgIpc) is 2.47. The zero-order valence-electron chi connectivity index (χ0n) is 7.98. The molecule has 0 spiro atoms. The van der Waals surface area contributed by atoms with Crippen LogP contribution in [0.4, 0.5) is 0 Å². The number of allylic oxidation sites excluding steroid dienone is 1. The van der Waals surface area contributed by atoms with Gasteiger partial charge in [-0.05, 0) is 11.6 Å². The first kappa shape index (κ1) is 9.30. The lowest BCUT2D eigenvalue weighted by Crippen LogP contribution is -2.23. The Balaban J connectivity index is 2.35. The zero-order chi connectivity index (χ0) is 10.2. The largest absolute Gasteiger partial charge is 0.226 e. The van der Waals surface area contributed by atoms with E-state index in [0.29, 0.717) is 4.59 Å². The molecule has 0 N–H and O–H groups in total. The fourth-order valence-electron chi connectivity index (χ4n) is 1.23. The Hall–Kier alpha value is -1.26. The molecule has 14 heavy (non-hydrogen) atoms. The van der Waals surface area contributed by atoms with Crippen molar-refractivity contribution in [2.24, 2.45) is 5.10 Å². The molecule has 0 aromatic carbocycles. The second-order valence-electron chi connectivity index (χ2n) is 3.55. The molecule has 1 aromatic rings. The van der Waals surface area contributed by atoms with E-state index in [2.05, 4.69) is 15.1 Å². The maximum atomic E-state index is 5.60. The van der Waals surface area contributed by atoms with Crippen LogP contribution >= 0.6 is 11.6 Å². The minimum Gasteiger partial charge on any atom is -0.226 e. The topological polar surface area (TPSA) is 38.1 Å². The van der Waals surface area contributed by atoms with Crippen LogP contribution in [0.25, 0.3) is 5.57 Å². The van der Waals surface area contributed by atoms with E-state index in [1.165, 1.54) is 0 Å². The molecule has 1 aromatic heterocycles. The van der Waals surface area contributed by atoms with Gasteiger partial charge in [0, 0.05) is 18.0 Å². The summed E-state index contributed by atoms with van der Waals surface area (Å²) in [6.07, 6.45) is 7.22. The maximum Gasteiger partial charge on any atom is 0.222 e. The van der Waals surface area contributed by atoms with Gasteiger partial charge in [0.05, 0.1) is 25.9 Å². The van der Waals surface area contributed by atoms with Crippen LogP contribution in [0.2, 0.25) is 5.28 Å². The molecule has 0 bridgehead atoms. The summed E-state index contributed by atoms with van der Waals surface area (Å²) in [7, 11) is 3.97. The molecular weight excluding hydrogens is 200 g/mol. The maximum absolute atomic E-state index is 5.60. The Kier molecular flexibility index (Phi) is 2.09. The summed E-state index contributed by atoms with van der Waals surface area (Å²) in [6, 6.07) is 0. The van der Waals surface area contributed by atoms with Crippen molar-refractivity contribution in [1.82, 2.24) is 9.97 Å². The molecule has 0 amide bonds. The van der Waals surface area contributed by atoms with Crippen LogP contribution in [0, 0.1) is 0 Å². The first-order valence-corrected chi connectivity index (χ1v) is 4.55. The van der Waals surface area contributed by atoms with E-state index in [9.17, 15) is 0 Å². The first-order valence-electron chi connectivity index (χ1n) is 4.17. The van der Waals surface area contributed by atoms with Gasteiger partial charge in [-0.15, -0.1) is 0 Å². The van der Waals surface area contributed by atoms with Crippen LogP contribution in [0.1, 0.15) is 5.56 Å². The third-order valence-electron chi connectivity index (χ3n) is 1.90. The number of hydrogen-bond donors (Lipinski definition) is 0. The summed E-state index contributed by atoms with van der Waals surface area (Å²) in [6.45, 7) is 0. The minimum absolute atomic E-state index is 0.262. The van der Waals surface area contributed by atoms with Crippen molar-refractivity contribution in [1.29, 1.82) is 0 Å². The Morgan fingerprint density at radius 3 is 2.36 bits per heavy atom. The minimum atomic E-state index is 0.262. The highest BCUT2D eigenvalue weighted by Gasteiger charge is 2.19. The Morgan fingerprint density at radius 1 is 1.21 bits per heavy atom. The van der Waals surface area contributed by atoms with Crippen molar-refractivity contribution in [3.05, 3.63) is 29.4 Å². The van der Waals surface area contributed by atoms with E-state index >= 15 is 0 Å². The molecule has 0 aliphatic carbocycles. The highest BCUT2D eigenvalue weighted by molar-refractivity contribution is 6.28. The van der Waals surface area contributed by atoms with Gasteiger partial charge in [-0.2, -0.15) is 4.59 Å². The van der Waals surface area contributed by atoms with Gasteiger partial charge in [0.1, 0.15) is 6.20 Å². The summed E-state index contributed by atoms with van der Waals surface area (Å²) in [5.41, 5.74) is 1.95. The molecule has 0 unspecified atom stereocenters. The third-order valence-corrected chi connectivity index (χ3v) is 2.10. The van der Waals surface area contributed by atoms with Crippen LogP contribution < -0.4 is 0 Å². The van der Waals surface area contributed by atoms with Crippen molar-refractivity contribution in [2.75, 3.05) is 14.1 Å². The van der Waals surface area contributed by atoms with Crippen molar-refractivity contribution in [2.45, 2.75) is 0 Å². The first-order chi connectivity index (χ1) is 6.57. The van der Waals surface area contributed by atoms with E-state index < -0.39 is 0 Å². The van der Waals surface area contributed by atoms with Gasteiger partial charge in [-0.1, -0.05) is 5.10 Å². The van der Waals surface area contributed by atoms with Gasteiger partial charge in [0.25, 0.3) is 0 Å². The number of rotatable bonds is 1. The Labute approximate surface area is 87.1 Å². The smallest absolute Gasteiger partial charge is 0.222 e. The number of aromatic nitrogens is 2. The molecule has 0 saturated heterocycles. The molecule has 2 heterocycles. The van der Waals surface area contributed by atoms with Crippen molar-refractivity contribution >= 4 is 23.4 Å². The van der Waals surface area contributed by atoms with Gasteiger partial charge in [0.15, 0.2) is 0 Å². The number of hydrogen-bond acceptors (Lipinski definition) is 3. The molecular formula is C9H10ClN4+. The monoisotopic (exact) mass is 209 g/mol. The Bertz CT molecular complexity index is 405. The van der Waals surface area contributed by atoms with Crippen molar-refractivity contribution < 1.29 is 4.59 Å². The van der Waals surface area contributed by atoms with Crippen LogP contribution in [0.15, 0.2) is 23.7 Å². The Morgan fingerprint density at radius 2 is 1.86 bits per heavy atom. The molecule has 0 saturated carbocycles. The second kappa shape index (κ2) is 3.15. The SMILES string of the molecule is C[N+]1(C)C=C(c2cnc(Cl)nc2)C=N1. The molecule has 1 aliphatic rings. The molecule has 0 radical (unpaired) electrons. The number of halogens is 1. The van der Waals surface area contributed by atoms with E-state index in [-0.39, 0.29) is 5.28 Å². The summed E-state index contributed by atoms with van der Waals surface area (Å²) >= 11 is 5.60. The summed E-state index contributed by atoms with van der Waals surface area (Å²) < 4.78 is 0.498. The average molecular weight is 210 g/mol. The van der Waals surface area contributed by atoms with Crippen LogP contribution in [-0.4, -0.2) is 34.9 Å². The van der Waals surface area contributed by atoms with Gasteiger partial charge >= 0.3 is 0 Å². The zero-order valence-corrected chi connectivity index (χ0v) is 8.73. The molecule has 1 aliphatic heterocycles. The summed E-state index contributed by atoms with van der Waals surface area (Å²) in [5, 5.41) is 4.54. The van der Waals surface area contributed by atoms with E-state index in [4.69, 9.17) is 11.6 Å². The standard InChI is InChI=1S/C9H10ClN4/c1-14(2)6-8(5-13-14)7-3-11-9(10)12-4-7/h3-6H,1-2H3/q+1. The molecule has 5 heteroatoms. The van der Waals surface area contributed by atoms with Crippen LogP contribution in [0.3, 0.4) is 0 Å². The normalized spacial score (nSPS) is 18.4. The molecule has 2 rings (SSSR count). The van der Waals surface area contributed by atoms with E-state index in [0.717, 1.165) is 11.1 Å². The predicted octanol–water partition coefficient (Wildman–Crippen LogP) is 1.55. The second-order valence-corrected chi connectivity index (χ2v) is 3.89. The molecule has 72 valence electrons. The molecule has 4 nitrogen and oxygen atoms in total. The summed E-state index contributed by atoms with van der Waals surface area (Å²) in [5.74, 6) is 0. The lowest BCUT2D eigenvalue weighted by molar-refractivity contribution is -0.842. The number of nitrogens with zero attached hydrogens (tertiary/aromatic N) is 4. The van der Waals surface area contributed by atoms with E-state index in [1.807, 2.05) is 26.5 Å². The van der Waals surface area contributed by atoms with Crippen LogP contribution in [0.5, 0.6) is 0 Å². The fraction of sp³-hybridized carbons (Fsp3) is 0.222. The van der Waals surface area contributed by atoms with Gasteiger partial charge in [-0.25, -0.2) is 9.97 Å². The molecule has 0 atom stereocenters. The van der Waals surface area contributed by atoms with Crippen molar-refractivity contribution in [3.8, 4) is 0 Å². The van der Waals surface area contributed by atoms with Gasteiger partial charge in [-0.3, -0.25) is 0 Å². The van der Waals surface area contributed by atoms with Gasteiger partial charge in [0.2, 0.25) is 5.28 Å². The van der Waals surface area contributed by atoms with Crippen LogP contribution in [-0.2, 0) is 0 Å². The van der Waals surface area contributed by atoms with Gasteiger partial charge < -0.3 is 0 Å². The summed E-state index contributed by atoms with van der Waals surface area (Å²) in [4.78, 5) is 7.83. The highest BCUT2D eigenvalue weighted by Crippen LogP contribution is 2.20. The quantitative estimate of drug-likeness (QED) is 0.520. The highest BCUT2D eigenvalue weighted by atomic mass is 35.5. The van der Waals surface area contributed by atoms with E-state index in [1.54, 1.807) is 12.4 Å². The fourth-order valence-corrected chi connectivity index (χ4v) is 1.33.